The first-order valence-electron chi connectivity index (χ1n) is 7.66. The van der Waals surface area contributed by atoms with E-state index in [1.807, 2.05) is 0 Å². The van der Waals surface area contributed by atoms with Gasteiger partial charge in [0.2, 0.25) is 0 Å². The second-order valence-electron chi connectivity index (χ2n) is 5.91. The predicted molar refractivity (Wildman–Crippen MR) is 90.5 cm³/mol. The van der Waals surface area contributed by atoms with Crippen molar-refractivity contribution in [3.8, 4) is 0 Å². The summed E-state index contributed by atoms with van der Waals surface area (Å²) in [5.74, 6) is -1.32. The SMILES string of the molecule is CCC(C)(CN=[N+]=[N-])C(=O)OCCOC(=O)C(C)(CN=[N+]=[N-])CN=[N+]=[N-]. The van der Waals surface area contributed by atoms with Gasteiger partial charge >= 0.3 is 11.9 Å². The van der Waals surface area contributed by atoms with E-state index in [0.717, 1.165) is 0 Å². The van der Waals surface area contributed by atoms with Crippen molar-refractivity contribution in [2.24, 2.45) is 26.2 Å². The summed E-state index contributed by atoms with van der Waals surface area (Å²) in [5, 5.41) is 10.0. The van der Waals surface area contributed by atoms with Crippen LogP contribution in [0.4, 0.5) is 0 Å². The molecule has 0 aromatic carbocycles. The molecule has 0 amide bonds. The lowest BCUT2D eigenvalue weighted by Crippen LogP contribution is -2.37. The van der Waals surface area contributed by atoms with Gasteiger partial charge in [0.15, 0.2) is 0 Å². The fourth-order valence-corrected chi connectivity index (χ4v) is 1.68. The average Bonchev–Trinajstić information content (AvgIpc) is 2.65. The molecule has 1 unspecified atom stereocenters. The number of nitrogens with zero attached hydrogens (tertiary/aromatic N) is 9. The lowest BCUT2D eigenvalue weighted by atomic mass is 9.88. The van der Waals surface area contributed by atoms with Crippen LogP contribution >= 0.6 is 0 Å². The van der Waals surface area contributed by atoms with Crippen molar-refractivity contribution in [2.75, 3.05) is 32.8 Å². The molecule has 1 atom stereocenters. The smallest absolute Gasteiger partial charge is 0.312 e. The highest BCUT2D eigenvalue weighted by atomic mass is 16.6. The molecule has 0 aliphatic rings. The molecule has 0 aliphatic heterocycles. The molecule has 142 valence electrons. The van der Waals surface area contributed by atoms with Gasteiger partial charge in [0, 0.05) is 34.4 Å². The maximum Gasteiger partial charge on any atom is 0.312 e. The second kappa shape index (κ2) is 11.4. The van der Waals surface area contributed by atoms with Gasteiger partial charge in [0.05, 0.1) is 10.8 Å². The Labute approximate surface area is 149 Å². The first-order valence-corrected chi connectivity index (χ1v) is 7.66. The molecule has 0 saturated heterocycles. The van der Waals surface area contributed by atoms with Gasteiger partial charge in [0.1, 0.15) is 13.2 Å². The van der Waals surface area contributed by atoms with Gasteiger partial charge in [-0.2, -0.15) is 0 Å². The van der Waals surface area contributed by atoms with Crippen LogP contribution in [0.1, 0.15) is 27.2 Å². The number of hydrogen-bond acceptors (Lipinski definition) is 7. The summed E-state index contributed by atoms with van der Waals surface area (Å²) in [5.41, 5.74) is 22.9. The maximum atomic E-state index is 12.1. The quantitative estimate of drug-likeness (QED) is 0.167. The zero-order valence-corrected chi connectivity index (χ0v) is 14.9. The molecule has 0 fully saturated rings. The van der Waals surface area contributed by atoms with E-state index in [9.17, 15) is 9.59 Å². The molecule has 0 aromatic rings. The Morgan fingerprint density at radius 1 is 0.808 bits per heavy atom. The fraction of sp³-hybridized carbons (Fsp3) is 0.846. The predicted octanol–water partition coefficient (Wildman–Crippen LogP) is 3.43. The molecular formula is C13H21N9O4. The summed E-state index contributed by atoms with van der Waals surface area (Å²) in [4.78, 5) is 32.0. The van der Waals surface area contributed by atoms with E-state index in [4.69, 9.17) is 26.1 Å². The van der Waals surface area contributed by atoms with Crippen LogP contribution in [-0.4, -0.2) is 44.8 Å². The molecule has 0 heterocycles. The summed E-state index contributed by atoms with van der Waals surface area (Å²) in [7, 11) is 0. The van der Waals surface area contributed by atoms with Crippen molar-refractivity contribution >= 4 is 11.9 Å². The van der Waals surface area contributed by atoms with Gasteiger partial charge in [-0.3, -0.25) is 9.59 Å². The van der Waals surface area contributed by atoms with Gasteiger partial charge in [-0.25, -0.2) is 0 Å². The Balaban J connectivity index is 4.66. The molecular weight excluding hydrogens is 346 g/mol. The van der Waals surface area contributed by atoms with Gasteiger partial charge in [-0.05, 0) is 36.9 Å². The Morgan fingerprint density at radius 2 is 1.15 bits per heavy atom. The summed E-state index contributed by atoms with van der Waals surface area (Å²) >= 11 is 0. The van der Waals surface area contributed by atoms with Crippen LogP contribution in [0, 0.1) is 10.8 Å². The average molecular weight is 367 g/mol. The maximum absolute atomic E-state index is 12.1. The van der Waals surface area contributed by atoms with E-state index in [2.05, 4.69) is 30.1 Å². The summed E-state index contributed by atoms with van der Waals surface area (Å²) in [6.07, 6.45) is 0.404. The normalized spacial score (nSPS) is 14.3. The van der Waals surface area contributed by atoms with Crippen molar-refractivity contribution in [3.05, 3.63) is 31.3 Å². The number of carbonyl (C=O) groups is 2. The van der Waals surface area contributed by atoms with E-state index in [1.54, 1.807) is 13.8 Å². The minimum Gasteiger partial charge on any atom is -0.462 e. The van der Waals surface area contributed by atoms with Crippen molar-refractivity contribution < 1.29 is 19.1 Å². The molecule has 13 heteroatoms. The van der Waals surface area contributed by atoms with Crippen LogP contribution in [0.5, 0.6) is 0 Å². The number of carbonyl (C=O) groups excluding carboxylic acids is 2. The third-order valence-electron chi connectivity index (χ3n) is 3.76. The Morgan fingerprint density at radius 3 is 1.50 bits per heavy atom. The molecule has 0 aliphatic carbocycles. The number of hydrogen-bond donors (Lipinski definition) is 0. The first kappa shape index (κ1) is 22.9. The summed E-state index contributed by atoms with van der Waals surface area (Å²) in [6, 6.07) is 0. The van der Waals surface area contributed by atoms with Crippen LogP contribution in [0.3, 0.4) is 0 Å². The number of esters is 2. The third-order valence-corrected chi connectivity index (χ3v) is 3.76. The first-order chi connectivity index (χ1) is 12.3. The van der Waals surface area contributed by atoms with Crippen molar-refractivity contribution in [1.82, 2.24) is 0 Å². The van der Waals surface area contributed by atoms with Crippen LogP contribution in [0.15, 0.2) is 15.3 Å². The van der Waals surface area contributed by atoms with E-state index >= 15 is 0 Å². The van der Waals surface area contributed by atoms with Crippen molar-refractivity contribution in [2.45, 2.75) is 27.2 Å². The van der Waals surface area contributed by atoms with Crippen molar-refractivity contribution in [3.63, 3.8) is 0 Å². The molecule has 13 nitrogen and oxygen atoms in total. The van der Waals surface area contributed by atoms with Gasteiger partial charge in [0.25, 0.3) is 0 Å². The number of azide groups is 3. The Bertz CT molecular complexity index is 628. The van der Waals surface area contributed by atoms with Gasteiger partial charge in [-0.15, -0.1) is 0 Å². The minimum atomic E-state index is -1.32. The van der Waals surface area contributed by atoms with E-state index < -0.39 is 22.8 Å². The third kappa shape index (κ3) is 7.18. The molecule has 0 bridgehead atoms. The highest BCUT2D eigenvalue weighted by Crippen LogP contribution is 2.24. The molecule has 0 aromatic heterocycles. The molecule has 0 spiro atoms. The summed E-state index contributed by atoms with van der Waals surface area (Å²) < 4.78 is 10.1. The second-order valence-corrected chi connectivity index (χ2v) is 5.91. The number of ether oxygens (including phenoxy) is 2. The Hall–Kier alpha value is -3.13. The van der Waals surface area contributed by atoms with Gasteiger partial charge in [-0.1, -0.05) is 22.3 Å². The van der Waals surface area contributed by atoms with Crippen molar-refractivity contribution in [1.29, 1.82) is 0 Å². The van der Waals surface area contributed by atoms with E-state index in [1.165, 1.54) is 6.92 Å². The minimum absolute atomic E-state index is 0.0466. The molecule has 0 saturated carbocycles. The zero-order chi connectivity index (χ0) is 20.1. The number of rotatable bonds is 12. The van der Waals surface area contributed by atoms with Crippen LogP contribution in [0.2, 0.25) is 0 Å². The van der Waals surface area contributed by atoms with E-state index in [0.29, 0.717) is 6.42 Å². The van der Waals surface area contributed by atoms with Crippen LogP contribution < -0.4 is 0 Å². The largest absolute Gasteiger partial charge is 0.462 e. The van der Waals surface area contributed by atoms with Gasteiger partial charge < -0.3 is 9.47 Å². The highest BCUT2D eigenvalue weighted by Gasteiger charge is 2.34. The van der Waals surface area contributed by atoms with Crippen LogP contribution in [-0.2, 0) is 19.1 Å². The molecule has 26 heavy (non-hydrogen) atoms. The monoisotopic (exact) mass is 367 g/mol. The molecule has 0 radical (unpaired) electrons. The van der Waals surface area contributed by atoms with E-state index in [-0.39, 0.29) is 32.8 Å². The van der Waals surface area contributed by atoms with Crippen LogP contribution in [0.25, 0.3) is 31.3 Å². The fourth-order valence-electron chi connectivity index (χ4n) is 1.68. The Kier molecular flexibility index (Phi) is 10.1. The zero-order valence-electron chi connectivity index (χ0n) is 14.9. The standard InChI is InChI=1S/C13H21N9O4/c1-4-12(2,7-17-20-14)10(23)25-5-6-26-11(24)13(3,8-18-21-15)9-19-22-16/h4-9H2,1-3H3. The lowest BCUT2D eigenvalue weighted by molar-refractivity contribution is -0.163. The highest BCUT2D eigenvalue weighted by molar-refractivity contribution is 5.77. The topological polar surface area (TPSA) is 199 Å². The lowest BCUT2D eigenvalue weighted by Gasteiger charge is -2.25. The molecule has 0 rings (SSSR count). The molecule has 0 N–H and O–H groups in total. The summed E-state index contributed by atoms with van der Waals surface area (Å²) in [6.45, 7) is 3.82.